The van der Waals surface area contributed by atoms with E-state index in [0.29, 0.717) is 5.39 Å². The van der Waals surface area contributed by atoms with Crippen LogP contribution in [-0.2, 0) is 19.4 Å². The summed E-state index contributed by atoms with van der Waals surface area (Å²) in [7, 11) is -3.55. The highest BCUT2D eigenvalue weighted by Crippen LogP contribution is 2.20. The molecule has 0 atom stereocenters. The van der Waals surface area contributed by atoms with Crippen LogP contribution in [0.3, 0.4) is 0 Å². The third-order valence-electron chi connectivity index (χ3n) is 3.98. The number of sulfone groups is 1. The first-order valence-electron chi connectivity index (χ1n) is 8.46. The lowest BCUT2D eigenvalue weighted by Crippen LogP contribution is -2.22. The Bertz CT molecular complexity index is 1280. The summed E-state index contributed by atoms with van der Waals surface area (Å²) < 4.78 is 33.8. The Labute approximate surface area is 166 Å². The molecule has 1 aromatic heterocycles. The second-order valence-electron chi connectivity index (χ2n) is 6.37. The van der Waals surface area contributed by atoms with Gasteiger partial charge in [-0.05, 0) is 31.2 Å². The number of nitrogens with one attached hydrogen (secondary N) is 1. The van der Waals surface area contributed by atoms with Crippen molar-refractivity contribution >= 4 is 38.4 Å². The molecule has 9 heteroatoms. The third kappa shape index (κ3) is 4.69. The predicted octanol–water partition coefficient (Wildman–Crippen LogP) is 2.30. The molecule has 1 N–H and O–H groups in total. The maximum Gasteiger partial charge on any atom is 0.374 e. The van der Waals surface area contributed by atoms with E-state index in [1.807, 2.05) is 6.92 Å². The minimum atomic E-state index is -3.55. The topological polar surface area (TPSA) is 120 Å². The molecule has 1 heterocycles. The summed E-state index contributed by atoms with van der Waals surface area (Å²) >= 11 is 0. The van der Waals surface area contributed by atoms with Crippen LogP contribution < -0.4 is 10.7 Å². The highest BCUT2D eigenvalue weighted by atomic mass is 32.2. The standard InChI is InChI=1S/C20H17NO7S/c1-12-7-8-16-13(9-12)15(22)10-17(28-16)20(24)27-11-19(23)21-14-5-3-4-6-18(14)29(2,25)26/h3-10H,11H2,1-2H3,(H,21,23). The number of hydrogen-bond donors (Lipinski definition) is 1. The van der Waals surface area contributed by atoms with Crippen molar-refractivity contribution in [3.63, 3.8) is 0 Å². The molecule has 1 amide bonds. The smallest absolute Gasteiger partial charge is 0.374 e. The summed E-state index contributed by atoms with van der Waals surface area (Å²) in [4.78, 5) is 36.3. The quantitative estimate of drug-likeness (QED) is 0.635. The van der Waals surface area contributed by atoms with Gasteiger partial charge < -0.3 is 14.5 Å². The zero-order chi connectivity index (χ0) is 21.2. The van der Waals surface area contributed by atoms with Gasteiger partial charge in [-0.2, -0.15) is 0 Å². The van der Waals surface area contributed by atoms with Gasteiger partial charge in [0.05, 0.1) is 16.0 Å². The number of carbonyl (C=O) groups excluding carboxylic acids is 2. The fourth-order valence-electron chi connectivity index (χ4n) is 2.65. The van der Waals surface area contributed by atoms with Gasteiger partial charge in [0.2, 0.25) is 5.76 Å². The summed E-state index contributed by atoms with van der Waals surface area (Å²) in [6.45, 7) is 1.13. The Morgan fingerprint density at radius 2 is 1.83 bits per heavy atom. The van der Waals surface area contributed by atoms with E-state index in [1.165, 1.54) is 18.2 Å². The highest BCUT2D eigenvalue weighted by molar-refractivity contribution is 7.90. The van der Waals surface area contributed by atoms with Gasteiger partial charge in [0.1, 0.15) is 5.58 Å². The number of fused-ring (bicyclic) bond motifs is 1. The molecule has 8 nitrogen and oxygen atoms in total. The number of amides is 1. The van der Waals surface area contributed by atoms with Gasteiger partial charge in [-0.25, -0.2) is 13.2 Å². The average molecular weight is 415 g/mol. The Kier molecular flexibility index (Phi) is 5.51. The number of anilines is 1. The number of esters is 1. The number of rotatable bonds is 5. The van der Waals surface area contributed by atoms with E-state index in [1.54, 1.807) is 24.3 Å². The largest absolute Gasteiger partial charge is 0.450 e. The minimum absolute atomic E-state index is 0.0597. The van der Waals surface area contributed by atoms with Crippen molar-refractivity contribution in [2.75, 3.05) is 18.2 Å². The fourth-order valence-corrected chi connectivity index (χ4v) is 3.50. The van der Waals surface area contributed by atoms with Gasteiger partial charge in [-0.1, -0.05) is 23.8 Å². The molecule has 0 unspecified atom stereocenters. The summed E-state index contributed by atoms with van der Waals surface area (Å²) in [6, 6.07) is 11.8. The lowest BCUT2D eigenvalue weighted by Gasteiger charge is -2.10. The number of aryl methyl sites for hydroxylation is 1. The molecule has 0 saturated carbocycles. The van der Waals surface area contributed by atoms with E-state index in [0.717, 1.165) is 17.9 Å². The van der Waals surface area contributed by atoms with Crippen molar-refractivity contribution in [1.29, 1.82) is 0 Å². The maximum atomic E-state index is 12.2. The Balaban J connectivity index is 1.72. The molecule has 3 rings (SSSR count). The molecule has 3 aromatic rings. The van der Waals surface area contributed by atoms with Crippen LogP contribution >= 0.6 is 0 Å². The number of carbonyl (C=O) groups is 2. The van der Waals surface area contributed by atoms with Crippen LogP contribution in [0.4, 0.5) is 5.69 Å². The number of hydrogen-bond acceptors (Lipinski definition) is 7. The van der Waals surface area contributed by atoms with Crippen LogP contribution in [0.5, 0.6) is 0 Å². The van der Waals surface area contributed by atoms with Crippen molar-refractivity contribution in [3.8, 4) is 0 Å². The molecular formula is C20H17NO7S. The van der Waals surface area contributed by atoms with Crippen LogP contribution in [0, 0.1) is 6.92 Å². The van der Waals surface area contributed by atoms with Crippen molar-refractivity contribution in [3.05, 3.63) is 70.1 Å². The zero-order valence-electron chi connectivity index (χ0n) is 15.6. The van der Waals surface area contributed by atoms with Crippen molar-refractivity contribution in [2.24, 2.45) is 0 Å². The monoisotopic (exact) mass is 415 g/mol. The second-order valence-corrected chi connectivity index (χ2v) is 8.35. The van der Waals surface area contributed by atoms with Crippen LogP contribution in [0.1, 0.15) is 16.1 Å². The molecule has 0 bridgehead atoms. The lowest BCUT2D eigenvalue weighted by atomic mass is 10.1. The molecule has 0 radical (unpaired) electrons. The first kappa shape index (κ1) is 20.3. The lowest BCUT2D eigenvalue weighted by molar-refractivity contribution is -0.119. The molecule has 150 valence electrons. The summed E-state index contributed by atoms with van der Waals surface area (Å²) in [5.41, 5.74) is 0.754. The average Bonchev–Trinajstić information content (AvgIpc) is 2.66. The van der Waals surface area contributed by atoms with Gasteiger partial charge in [0, 0.05) is 12.3 Å². The van der Waals surface area contributed by atoms with Crippen LogP contribution in [0.2, 0.25) is 0 Å². The minimum Gasteiger partial charge on any atom is -0.450 e. The zero-order valence-corrected chi connectivity index (χ0v) is 16.4. The molecule has 0 saturated heterocycles. The van der Waals surface area contributed by atoms with Gasteiger partial charge >= 0.3 is 5.97 Å². The molecule has 0 spiro atoms. The van der Waals surface area contributed by atoms with Crippen molar-refractivity contribution in [1.82, 2.24) is 0 Å². The molecule has 0 aliphatic rings. The Hall–Kier alpha value is -3.46. The number of para-hydroxylation sites is 1. The fraction of sp³-hybridized carbons (Fsp3) is 0.150. The SMILES string of the molecule is Cc1ccc2oc(C(=O)OCC(=O)Nc3ccccc3S(C)(=O)=O)cc(=O)c2c1. The molecule has 0 fully saturated rings. The van der Waals surface area contributed by atoms with E-state index in [9.17, 15) is 22.8 Å². The Morgan fingerprint density at radius 3 is 2.55 bits per heavy atom. The van der Waals surface area contributed by atoms with E-state index in [2.05, 4.69) is 5.32 Å². The van der Waals surface area contributed by atoms with Crippen molar-refractivity contribution < 1.29 is 27.2 Å². The highest BCUT2D eigenvalue weighted by Gasteiger charge is 2.18. The van der Waals surface area contributed by atoms with Gasteiger partial charge in [0.25, 0.3) is 5.91 Å². The maximum absolute atomic E-state index is 12.2. The number of benzene rings is 2. The van der Waals surface area contributed by atoms with Crippen molar-refractivity contribution in [2.45, 2.75) is 11.8 Å². The van der Waals surface area contributed by atoms with Gasteiger partial charge in [-0.15, -0.1) is 0 Å². The van der Waals surface area contributed by atoms with E-state index in [-0.39, 0.29) is 21.9 Å². The van der Waals surface area contributed by atoms with Crippen LogP contribution in [0.25, 0.3) is 11.0 Å². The van der Waals surface area contributed by atoms with Gasteiger partial charge in [0.15, 0.2) is 21.9 Å². The molecule has 29 heavy (non-hydrogen) atoms. The van der Waals surface area contributed by atoms with E-state index in [4.69, 9.17) is 9.15 Å². The second kappa shape index (κ2) is 7.88. The predicted molar refractivity (Wildman–Crippen MR) is 106 cm³/mol. The van der Waals surface area contributed by atoms with E-state index < -0.39 is 33.7 Å². The summed E-state index contributed by atoms with van der Waals surface area (Å²) in [6.07, 6.45) is 1.02. The van der Waals surface area contributed by atoms with Crippen LogP contribution in [0.15, 0.2) is 62.6 Å². The molecule has 2 aromatic carbocycles. The Morgan fingerprint density at radius 1 is 1.10 bits per heavy atom. The molecule has 0 aliphatic carbocycles. The normalized spacial score (nSPS) is 11.2. The van der Waals surface area contributed by atoms with Gasteiger partial charge in [-0.3, -0.25) is 9.59 Å². The first-order chi connectivity index (χ1) is 13.6. The first-order valence-corrected chi connectivity index (χ1v) is 10.3. The van der Waals surface area contributed by atoms with Crippen LogP contribution in [-0.4, -0.2) is 33.2 Å². The molecular weight excluding hydrogens is 398 g/mol. The summed E-state index contributed by atoms with van der Waals surface area (Å²) in [5, 5.41) is 2.71. The third-order valence-corrected chi connectivity index (χ3v) is 5.13. The van der Waals surface area contributed by atoms with E-state index >= 15 is 0 Å². The summed E-state index contributed by atoms with van der Waals surface area (Å²) in [5.74, 6) is -2.07. The number of ether oxygens (including phenoxy) is 1. The molecule has 0 aliphatic heterocycles.